The minimum Gasteiger partial charge on any atom is -0.428 e. The fourth-order valence-electron chi connectivity index (χ4n) is 1.60. The van der Waals surface area contributed by atoms with E-state index < -0.39 is 6.04 Å². The van der Waals surface area contributed by atoms with Crippen molar-refractivity contribution in [1.82, 2.24) is 10.3 Å². The highest BCUT2D eigenvalue weighted by atomic mass is 16.4. The molecule has 0 aliphatic carbocycles. The first-order valence-electron chi connectivity index (χ1n) is 5.62. The summed E-state index contributed by atoms with van der Waals surface area (Å²) in [5.41, 5.74) is 0. The summed E-state index contributed by atoms with van der Waals surface area (Å²) in [5, 5.41) is 5.15. The molecule has 2 amide bonds. The third kappa shape index (κ3) is 2.64. The Morgan fingerprint density at radius 3 is 2.88 bits per heavy atom. The van der Waals surface area contributed by atoms with Crippen LogP contribution in [0.1, 0.15) is 38.4 Å². The maximum Gasteiger partial charge on any atom is 0.295 e. The maximum atomic E-state index is 11.5. The molecule has 1 aliphatic heterocycles. The molecule has 1 saturated heterocycles. The van der Waals surface area contributed by atoms with E-state index in [9.17, 15) is 9.59 Å². The van der Waals surface area contributed by atoms with Gasteiger partial charge < -0.3 is 9.73 Å². The van der Waals surface area contributed by atoms with Crippen molar-refractivity contribution in [1.29, 1.82) is 0 Å². The van der Waals surface area contributed by atoms with Crippen LogP contribution in [0.2, 0.25) is 0 Å². The second-order valence-corrected chi connectivity index (χ2v) is 4.37. The summed E-state index contributed by atoms with van der Waals surface area (Å²) in [7, 11) is 0. The van der Waals surface area contributed by atoms with Crippen LogP contribution in [0.3, 0.4) is 0 Å². The largest absolute Gasteiger partial charge is 0.428 e. The molecular weight excluding hydrogens is 222 g/mol. The van der Waals surface area contributed by atoms with E-state index in [0.717, 1.165) is 5.76 Å². The Kier molecular flexibility index (Phi) is 3.12. The number of imide groups is 1. The first kappa shape index (κ1) is 11.6. The maximum absolute atomic E-state index is 11.5. The zero-order chi connectivity index (χ0) is 12.4. The number of oxazole rings is 1. The third-order valence-electron chi connectivity index (χ3n) is 2.63. The first-order chi connectivity index (χ1) is 8.06. The van der Waals surface area contributed by atoms with E-state index in [4.69, 9.17) is 4.42 Å². The summed E-state index contributed by atoms with van der Waals surface area (Å²) in [5.74, 6) is 0.452. The van der Waals surface area contributed by atoms with Gasteiger partial charge in [0.25, 0.3) is 6.01 Å². The molecule has 0 spiro atoms. The summed E-state index contributed by atoms with van der Waals surface area (Å²) in [6, 6.07) is -0.130. The Labute approximate surface area is 98.8 Å². The number of rotatable bonds is 3. The lowest BCUT2D eigenvalue weighted by molar-refractivity contribution is -0.133. The fraction of sp³-hybridized carbons (Fsp3) is 0.545. The topological polar surface area (TPSA) is 84.2 Å². The van der Waals surface area contributed by atoms with Crippen molar-refractivity contribution in [3.05, 3.63) is 12.0 Å². The molecule has 1 fully saturated rings. The molecule has 1 aromatic rings. The number of hydrogen-bond donors (Lipinski definition) is 2. The number of nitrogens with one attached hydrogen (secondary N) is 2. The molecule has 0 radical (unpaired) electrons. The highest BCUT2D eigenvalue weighted by Gasteiger charge is 2.27. The van der Waals surface area contributed by atoms with E-state index in [1.165, 1.54) is 0 Å². The number of amides is 2. The van der Waals surface area contributed by atoms with Gasteiger partial charge in [0.2, 0.25) is 11.8 Å². The van der Waals surface area contributed by atoms with E-state index in [2.05, 4.69) is 15.6 Å². The molecule has 1 aliphatic rings. The summed E-state index contributed by atoms with van der Waals surface area (Å²) in [4.78, 5) is 26.5. The van der Waals surface area contributed by atoms with Gasteiger partial charge in [0.15, 0.2) is 0 Å². The van der Waals surface area contributed by atoms with Crippen LogP contribution in [0.5, 0.6) is 0 Å². The average Bonchev–Trinajstić information content (AvgIpc) is 2.71. The van der Waals surface area contributed by atoms with Gasteiger partial charge in [0.05, 0.1) is 6.20 Å². The minimum absolute atomic E-state index is 0.233. The molecule has 0 aromatic carbocycles. The van der Waals surface area contributed by atoms with Gasteiger partial charge in [0, 0.05) is 12.3 Å². The van der Waals surface area contributed by atoms with Gasteiger partial charge in [0.1, 0.15) is 11.8 Å². The van der Waals surface area contributed by atoms with Crippen LogP contribution in [0.15, 0.2) is 10.6 Å². The van der Waals surface area contributed by atoms with E-state index in [1.54, 1.807) is 6.20 Å². The lowest BCUT2D eigenvalue weighted by atomic mass is 10.1. The Bertz CT molecular complexity index is 439. The lowest BCUT2D eigenvalue weighted by Crippen LogP contribution is -2.47. The molecule has 1 atom stereocenters. The minimum atomic E-state index is -0.452. The number of carbonyl (C=O) groups is 2. The number of hydrogen-bond acceptors (Lipinski definition) is 5. The molecule has 2 heterocycles. The van der Waals surface area contributed by atoms with Crippen LogP contribution in [-0.4, -0.2) is 22.8 Å². The van der Waals surface area contributed by atoms with E-state index in [1.807, 2.05) is 13.8 Å². The van der Waals surface area contributed by atoms with E-state index in [-0.39, 0.29) is 17.7 Å². The molecule has 0 saturated carbocycles. The van der Waals surface area contributed by atoms with Gasteiger partial charge in [-0.1, -0.05) is 13.8 Å². The predicted molar refractivity (Wildman–Crippen MR) is 60.4 cm³/mol. The first-order valence-corrected chi connectivity index (χ1v) is 5.62. The number of aromatic nitrogens is 1. The molecular formula is C11H15N3O3. The number of piperidine rings is 1. The standard InChI is InChI=1S/C11H15N3O3/c1-6(2)8-5-12-11(17-8)13-7-3-4-9(15)14-10(7)16/h5-7H,3-4H2,1-2H3,(H,12,13)(H,14,15,16). The van der Waals surface area contributed by atoms with Gasteiger partial charge in [-0.15, -0.1) is 0 Å². The zero-order valence-electron chi connectivity index (χ0n) is 9.82. The monoisotopic (exact) mass is 237 g/mol. The summed E-state index contributed by atoms with van der Waals surface area (Å²) in [6.07, 6.45) is 2.43. The Balaban J connectivity index is 2.00. The molecule has 1 aromatic heterocycles. The second-order valence-electron chi connectivity index (χ2n) is 4.37. The molecule has 17 heavy (non-hydrogen) atoms. The van der Waals surface area contributed by atoms with Crippen molar-refractivity contribution in [3.8, 4) is 0 Å². The van der Waals surface area contributed by atoms with E-state index in [0.29, 0.717) is 18.9 Å². The van der Waals surface area contributed by atoms with Crippen molar-refractivity contribution in [3.63, 3.8) is 0 Å². The molecule has 0 bridgehead atoms. The van der Waals surface area contributed by atoms with Crippen LogP contribution in [-0.2, 0) is 9.59 Å². The molecule has 92 valence electrons. The van der Waals surface area contributed by atoms with Crippen LogP contribution in [0.25, 0.3) is 0 Å². The average molecular weight is 237 g/mol. The smallest absolute Gasteiger partial charge is 0.295 e. The van der Waals surface area contributed by atoms with Gasteiger partial charge in [-0.3, -0.25) is 14.9 Å². The Morgan fingerprint density at radius 1 is 1.53 bits per heavy atom. The molecule has 6 heteroatoms. The van der Waals surface area contributed by atoms with E-state index >= 15 is 0 Å². The summed E-state index contributed by atoms with van der Waals surface area (Å²) < 4.78 is 5.44. The van der Waals surface area contributed by atoms with Crippen LogP contribution in [0, 0.1) is 0 Å². The summed E-state index contributed by atoms with van der Waals surface area (Å²) >= 11 is 0. The Morgan fingerprint density at radius 2 is 2.29 bits per heavy atom. The predicted octanol–water partition coefficient (Wildman–Crippen LogP) is 1.02. The van der Waals surface area contributed by atoms with Crippen molar-refractivity contribution in [2.24, 2.45) is 0 Å². The van der Waals surface area contributed by atoms with Gasteiger partial charge in [-0.05, 0) is 6.42 Å². The second kappa shape index (κ2) is 4.57. The molecule has 2 rings (SSSR count). The van der Waals surface area contributed by atoms with Gasteiger partial charge in [-0.2, -0.15) is 0 Å². The normalized spacial score (nSPS) is 20.5. The molecule has 1 unspecified atom stereocenters. The number of anilines is 1. The van der Waals surface area contributed by atoms with Crippen molar-refractivity contribution in [2.45, 2.75) is 38.6 Å². The quantitative estimate of drug-likeness (QED) is 0.766. The zero-order valence-corrected chi connectivity index (χ0v) is 9.82. The SMILES string of the molecule is CC(C)c1cnc(NC2CCC(=O)NC2=O)o1. The fourth-order valence-corrected chi connectivity index (χ4v) is 1.60. The highest BCUT2D eigenvalue weighted by Crippen LogP contribution is 2.19. The highest BCUT2D eigenvalue weighted by molar-refractivity contribution is 6.01. The number of carbonyl (C=O) groups excluding carboxylic acids is 2. The number of nitrogens with zero attached hydrogens (tertiary/aromatic N) is 1. The van der Waals surface area contributed by atoms with Gasteiger partial charge in [-0.25, -0.2) is 4.98 Å². The molecule has 6 nitrogen and oxygen atoms in total. The molecule has 2 N–H and O–H groups in total. The lowest BCUT2D eigenvalue weighted by Gasteiger charge is -2.20. The van der Waals surface area contributed by atoms with Crippen molar-refractivity contribution >= 4 is 17.8 Å². The third-order valence-corrected chi connectivity index (χ3v) is 2.63. The van der Waals surface area contributed by atoms with Crippen molar-refractivity contribution < 1.29 is 14.0 Å². The van der Waals surface area contributed by atoms with Crippen molar-refractivity contribution in [2.75, 3.05) is 5.32 Å². The van der Waals surface area contributed by atoms with Crippen LogP contribution < -0.4 is 10.6 Å². The van der Waals surface area contributed by atoms with Crippen LogP contribution in [0.4, 0.5) is 6.01 Å². The Hall–Kier alpha value is -1.85. The van der Waals surface area contributed by atoms with Crippen LogP contribution >= 0.6 is 0 Å². The van der Waals surface area contributed by atoms with Gasteiger partial charge >= 0.3 is 0 Å². The summed E-state index contributed by atoms with van der Waals surface area (Å²) in [6.45, 7) is 3.99.